The van der Waals surface area contributed by atoms with Crippen LogP contribution in [-0.4, -0.2) is 60.1 Å². The van der Waals surface area contributed by atoms with E-state index in [1.807, 2.05) is 0 Å². The zero-order chi connectivity index (χ0) is 16.4. The molecule has 3 heterocycles. The summed E-state index contributed by atoms with van der Waals surface area (Å²) in [4.78, 5) is 9.57. The molecule has 2 fully saturated rings. The van der Waals surface area contributed by atoms with E-state index in [4.69, 9.17) is 4.42 Å². The second kappa shape index (κ2) is 7.01. The first-order valence-corrected chi connectivity index (χ1v) is 8.65. The number of nitrogens with one attached hydrogen (secondary N) is 1. The summed E-state index contributed by atoms with van der Waals surface area (Å²) in [7, 11) is 0. The molecule has 5 nitrogen and oxygen atoms in total. The molecule has 0 bridgehead atoms. The van der Waals surface area contributed by atoms with E-state index < -0.39 is 0 Å². The third-order valence-corrected chi connectivity index (χ3v) is 4.99. The predicted molar refractivity (Wildman–Crippen MR) is 90.0 cm³/mol. The Morgan fingerprint density at radius 2 is 1.96 bits per heavy atom. The Hall–Kier alpha value is -1.76. The van der Waals surface area contributed by atoms with E-state index in [2.05, 4.69) is 20.1 Å². The highest BCUT2D eigenvalue weighted by atomic mass is 19.1. The maximum Gasteiger partial charge on any atom is 0.226 e. The highest BCUT2D eigenvalue weighted by Crippen LogP contribution is 2.20. The van der Waals surface area contributed by atoms with Gasteiger partial charge in [0, 0.05) is 50.9 Å². The highest BCUT2D eigenvalue weighted by molar-refractivity contribution is 5.52. The van der Waals surface area contributed by atoms with Crippen molar-refractivity contribution in [1.29, 1.82) is 0 Å². The summed E-state index contributed by atoms with van der Waals surface area (Å²) in [5.41, 5.74) is 1.74. The van der Waals surface area contributed by atoms with Gasteiger partial charge < -0.3 is 9.73 Å². The molecule has 0 spiro atoms. The predicted octanol–water partition coefficient (Wildman–Crippen LogP) is 1.96. The van der Waals surface area contributed by atoms with Gasteiger partial charge in [-0.05, 0) is 37.2 Å². The van der Waals surface area contributed by atoms with Gasteiger partial charge in [-0.2, -0.15) is 0 Å². The molecule has 6 heteroatoms. The number of piperazine rings is 1. The molecule has 0 radical (unpaired) electrons. The second-order valence-electron chi connectivity index (χ2n) is 6.61. The quantitative estimate of drug-likeness (QED) is 0.928. The normalized spacial score (nSPS) is 23.0. The van der Waals surface area contributed by atoms with Crippen LogP contribution in [0.2, 0.25) is 0 Å². The van der Waals surface area contributed by atoms with Gasteiger partial charge in [-0.25, -0.2) is 9.37 Å². The van der Waals surface area contributed by atoms with Crippen molar-refractivity contribution in [2.24, 2.45) is 0 Å². The third kappa shape index (κ3) is 3.50. The maximum absolute atomic E-state index is 13.0. The highest BCUT2D eigenvalue weighted by Gasteiger charge is 2.26. The minimum absolute atomic E-state index is 0.249. The number of hydrogen-bond donors (Lipinski definition) is 1. The molecule has 2 aliphatic rings. The van der Waals surface area contributed by atoms with Crippen LogP contribution in [0.25, 0.3) is 11.5 Å². The summed E-state index contributed by atoms with van der Waals surface area (Å²) < 4.78 is 18.6. The summed E-state index contributed by atoms with van der Waals surface area (Å²) in [6, 6.07) is 6.95. The lowest BCUT2D eigenvalue weighted by Gasteiger charge is -2.37. The second-order valence-corrected chi connectivity index (χ2v) is 6.61. The fourth-order valence-electron chi connectivity index (χ4n) is 3.57. The number of nitrogens with zero attached hydrogens (tertiary/aromatic N) is 3. The summed E-state index contributed by atoms with van der Waals surface area (Å²) >= 11 is 0. The Kier molecular flexibility index (Phi) is 4.60. The number of hydrogen-bond acceptors (Lipinski definition) is 5. The van der Waals surface area contributed by atoms with E-state index >= 15 is 0 Å². The van der Waals surface area contributed by atoms with Gasteiger partial charge in [0.05, 0.1) is 5.69 Å². The van der Waals surface area contributed by atoms with Crippen molar-refractivity contribution >= 4 is 0 Å². The van der Waals surface area contributed by atoms with Gasteiger partial charge in [0.25, 0.3) is 0 Å². The topological polar surface area (TPSA) is 44.5 Å². The molecule has 2 aromatic rings. The molecule has 1 aromatic heterocycles. The van der Waals surface area contributed by atoms with Crippen molar-refractivity contribution in [3.8, 4) is 11.5 Å². The van der Waals surface area contributed by atoms with Gasteiger partial charge in [-0.15, -0.1) is 0 Å². The van der Waals surface area contributed by atoms with E-state index in [9.17, 15) is 4.39 Å². The molecule has 0 saturated carbocycles. The first kappa shape index (κ1) is 15.7. The standard InChI is InChI=1S/C18H23FN4O/c19-15-3-1-14(2-4-15)18-21-16(13-24-18)12-22-7-9-23(10-8-22)17-5-6-20-11-17/h1-4,13,17,20H,5-12H2. The lowest BCUT2D eigenvalue weighted by atomic mass is 10.2. The van der Waals surface area contributed by atoms with Crippen LogP contribution >= 0.6 is 0 Å². The Labute approximate surface area is 141 Å². The number of oxazole rings is 1. The van der Waals surface area contributed by atoms with Crippen LogP contribution in [0.5, 0.6) is 0 Å². The molecule has 1 unspecified atom stereocenters. The minimum Gasteiger partial charge on any atom is -0.444 e. The number of halogens is 1. The molecule has 24 heavy (non-hydrogen) atoms. The molecule has 1 aromatic carbocycles. The Balaban J connectivity index is 1.32. The minimum atomic E-state index is -0.249. The smallest absolute Gasteiger partial charge is 0.226 e. The third-order valence-electron chi connectivity index (χ3n) is 4.99. The van der Waals surface area contributed by atoms with Crippen molar-refractivity contribution in [3.63, 3.8) is 0 Å². The van der Waals surface area contributed by atoms with E-state index in [-0.39, 0.29) is 5.82 Å². The van der Waals surface area contributed by atoms with Crippen LogP contribution in [0.1, 0.15) is 12.1 Å². The van der Waals surface area contributed by atoms with Crippen LogP contribution in [-0.2, 0) is 6.54 Å². The number of aromatic nitrogens is 1. The molecule has 2 aliphatic heterocycles. The Morgan fingerprint density at radius 3 is 2.67 bits per heavy atom. The van der Waals surface area contributed by atoms with E-state index in [0.29, 0.717) is 11.9 Å². The summed E-state index contributed by atoms with van der Waals surface area (Å²) in [5, 5.41) is 3.44. The van der Waals surface area contributed by atoms with Crippen LogP contribution in [0, 0.1) is 5.82 Å². The lowest BCUT2D eigenvalue weighted by molar-refractivity contribution is 0.0973. The zero-order valence-corrected chi connectivity index (χ0v) is 13.7. The fraction of sp³-hybridized carbons (Fsp3) is 0.500. The lowest BCUT2D eigenvalue weighted by Crippen LogP contribution is -2.50. The van der Waals surface area contributed by atoms with Crippen LogP contribution in [0.4, 0.5) is 4.39 Å². The average molecular weight is 330 g/mol. The average Bonchev–Trinajstić information content (AvgIpc) is 3.28. The van der Waals surface area contributed by atoms with Crippen molar-refractivity contribution in [1.82, 2.24) is 20.1 Å². The van der Waals surface area contributed by atoms with E-state index in [0.717, 1.165) is 57.1 Å². The van der Waals surface area contributed by atoms with Gasteiger partial charge >= 0.3 is 0 Å². The number of benzene rings is 1. The largest absolute Gasteiger partial charge is 0.444 e. The summed E-state index contributed by atoms with van der Waals surface area (Å²) in [5.74, 6) is 0.307. The van der Waals surface area contributed by atoms with Gasteiger partial charge in [0.2, 0.25) is 5.89 Å². The van der Waals surface area contributed by atoms with Gasteiger partial charge in [-0.3, -0.25) is 9.80 Å². The SMILES string of the molecule is Fc1ccc(-c2nc(CN3CCN(C4CCNC4)CC3)co2)cc1. The maximum atomic E-state index is 13.0. The van der Waals surface area contributed by atoms with Crippen molar-refractivity contribution in [3.05, 3.63) is 42.0 Å². The van der Waals surface area contributed by atoms with Gasteiger partial charge in [0.1, 0.15) is 12.1 Å². The van der Waals surface area contributed by atoms with Crippen molar-refractivity contribution < 1.29 is 8.81 Å². The molecule has 0 aliphatic carbocycles. The molecule has 0 amide bonds. The Bertz CT molecular complexity index is 658. The van der Waals surface area contributed by atoms with Gasteiger partial charge in [0.15, 0.2) is 0 Å². The Morgan fingerprint density at radius 1 is 1.17 bits per heavy atom. The zero-order valence-electron chi connectivity index (χ0n) is 13.7. The van der Waals surface area contributed by atoms with Gasteiger partial charge in [-0.1, -0.05) is 0 Å². The molecular formula is C18H23FN4O. The van der Waals surface area contributed by atoms with Crippen molar-refractivity contribution in [2.45, 2.75) is 19.0 Å². The molecular weight excluding hydrogens is 307 g/mol. The van der Waals surface area contributed by atoms with E-state index in [1.54, 1.807) is 18.4 Å². The molecule has 4 rings (SSSR count). The molecule has 1 N–H and O–H groups in total. The summed E-state index contributed by atoms with van der Waals surface area (Å²) in [6.07, 6.45) is 2.98. The van der Waals surface area contributed by atoms with Crippen molar-refractivity contribution in [2.75, 3.05) is 39.3 Å². The monoisotopic (exact) mass is 330 g/mol. The van der Waals surface area contributed by atoms with Crippen LogP contribution in [0.15, 0.2) is 34.9 Å². The molecule has 128 valence electrons. The number of rotatable bonds is 4. The van der Waals surface area contributed by atoms with Crippen LogP contribution < -0.4 is 5.32 Å². The first-order chi connectivity index (χ1) is 11.8. The first-order valence-electron chi connectivity index (χ1n) is 8.65. The molecule has 2 saturated heterocycles. The van der Waals surface area contributed by atoms with E-state index in [1.165, 1.54) is 18.6 Å². The van der Waals surface area contributed by atoms with Crippen LogP contribution in [0.3, 0.4) is 0 Å². The fourth-order valence-corrected chi connectivity index (χ4v) is 3.57. The molecule has 1 atom stereocenters. The summed E-state index contributed by atoms with van der Waals surface area (Å²) in [6.45, 7) is 7.45.